The Bertz CT molecular complexity index is 660. The highest BCUT2D eigenvalue weighted by molar-refractivity contribution is 5.56. The van der Waals surface area contributed by atoms with Gasteiger partial charge in [-0.3, -0.25) is 0 Å². The Labute approximate surface area is 122 Å². The van der Waals surface area contributed by atoms with Gasteiger partial charge in [0.05, 0.1) is 6.04 Å². The van der Waals surface area contributed by atoms with Gasteiger partial charge in [0.15, 0.2) is 11.5 Å². The Morgan fingerprint density at radius 3 is 2.67 bits per heavy atom. The fourth-order valence-electron chi connectivity index (χ4n) is 2.33. The first-order valence-electron chi connectivity index (χ1n) is 6.78. The first kappa shape index (κ1) is 13.5. The molecule has 4 nitrogen and oxygen atoms in total. The van der Waals surface area contributed by atoms with E-state index in [1.807, 2.05) is 25.1 Å². The van der Waals surface area contributed by atoms with Crippen molar-refractivity contribution in [3.63, 3.8) is 0 Å². The molecule has 110 valence electrons. The average molecular weight is 289 g/mol. The number of ether oxygens (including phenoxy) is 2. The summed E-state index contributed by atoms with van der Waals surface area (Å²) in [5.41, 5.74) is 1.32. The molecule has 0 amide bonds. The molecule has 2 aromatic carbocycles. The molecule has 0 bridgehead atoms. The number of hydrogen-bond acceptors (Lipinski definition) is 4. The topological polar surface area (TPSA) is 50.7 Å². The second-order valence-electron chi connectivity index (χ2n) is 4.93. The summed E-state index contributed by atoms with van der Waals surface area (Å²) in [6, 6.07) is 9.19. The van der Waals surface area contributed by atoms with E-state index in [-0.39, 0.29) is 17.6 Å². The van der Waals surface area contributed by atoms with Gasteiger partial charge in [-0.2, -0.15) is 0 Å². The van der Waals surface area contributed by atoms with Gasteiger partial charge in [0.2, 0.25) is 0 Å². The lowest BCUT2D eigenvalue weighted by molar-refractivity contribution is 0.171. The van der Waals surface area contributed by atoms with Crippen molar-refractivity contribution in [2.45, 2.75) is 13.0 Å². The van der Waals surface area contributed by atoms with Crippen molar-refractivity contribution >= 4 is 5.69 Å². The fraction of sp³-hybridized carbons (Fsp3) is 0.250. The molecule has 0 radical (unpaired) electrons. The summed E-state index contributed by atoms with van der Waals surface area (Å²) >= 11 is 0. The number of nitrogens with one attached hydrogen (secondary N) is 1. The summed E-state index contributed by atoms with van der Waals surface area (Å²) in [5, 5.41) is 13.0. The fourth-order valence-corrected chi connectivity index (χ4v) is 2.33. The van der Waals surface area contributed by atoms with Crippen LogP contribution in [0, 0.1) is 5.82 Å². The number of phenols is 1. The van der Waals surface area contributed by atoms with E-state index >= 15 is 0 Å². The van der Waals surface area contributed by atoms with E-state index in [4.69, 9.17) is 9.47 Å². The molecule has 1 aliphatic rings. The molecule has 0 fully saturated rings. The number of rotatable bonds is 3. The summed E-state index contributed by atoms with van der Waals surface area (Å²) < 4.78 is 24.3. The van der Waals surface area contributed by atoms with Gasteiger partial charge in [-0.05, 0) is 37.3 Å². The van der Waals surface area contributed by atoms with Crippen LogP contribution in [0.2, 0.25) is 0 Å². The van der Waals surface area contributed by atoms with Crippen LogP contribution < -0.4 is 14.8 Å². The molecular weight excluding hydrogens is 273 g/mol. The molecule has 1 unspecified atom stereocenters. The molecule has 0 aromatic heterocycles. The molecule has 1 aliphatic heterocycles. The molecule has 1 atom stereocenters. The number of phenolic OH excluding ortho intramolecular Hbond substituents is 1. The van der Waals surface area contributed by atoms with Crippen molar-refractivity contribution in [2.75, 3.05) is 18.5 Å². The molecule has 1 heterocycles. The molecule has 3 rings (SSSR count). The van der Waals surface area contributed by atoms with Crippen LogP contribution in [0.25, 0.3) is 0 Å². The van der Waals surface area contributed by atoms with Crippen LogP contribution in [-0.2, 0) is 0 Å². The van der Waals surface area contributed by atoms with Crippen LogP contribution in [0.15, 0.2) is 36.4 Å². The van der Waals surface area contributed by atoms with Crippen molar-refractivity contribution in [3.8, 4) is 17.2 Å². The molecule has 0 aliphatic carbocycles. The zero-order valence-corrected chi connectivity index (χ0v) is 11.6. The molecular formula is C16H16FNO3. The summed E-state index contributed by atoms with van der Waals surface area (Å²) in [5.74, 6) is 1.09. The van der Waals surface area contributed by atoms with Crippen LogP contribution in [-0.4, -0.2) is 18.3 Å². The van der Waals surface area contributed by atoms with Gasteiger partial charge in [-0.25, -0.2) is 4.39 Å². The van der Waals surface area contributed by atoms with Crippen LogP contribution in [0.4, 0.5) is 10.1 Å². The van der Waals surface area contributed by atoms with Crippen LogP contribution in [0.3, 0.4) is 0 Å². The smallest absolute Gasteiger partial charge is 0.163 e. The normalized spacial score (nSPS) is 14.6. The zero-order chi connectivity index (χ0) is 14.8. The van der Waals surface area contributed by atoms with E-state index in [0.717, 1.165) is 5.69 Å². The minimum Gasteiger partial charge on any atom is -0.508 e. The molecule has 2 N–H and O–H groups in total. The van der Waals surface area contributed by atoms with Gasteiger partial charge in [-0.15, -0.1) is 0 Å². The Kier molecular flexibility index (Phi) is 3.56. The number of halogens is 1. The number of benzene rings is 2. The van der Waals surface area contributed by atoms with Crippen molar-refractivity contribution in [3.05, 3.63) is 47.8 Å². The molecule has 5 heteroatoms. The Morgan fingerprint density at radius 1 is 1.10 bits per heavy atom. The Balaban J connectivity index is 1.81. The number of hydrogen-bond donors (Lipinski definition) is 2. The monoisotopic (exact) mass is 289 g/mol. The standard InChI is InChI=1S/C16H16FNO3/c1-10(13-8-11(17)2-4-14(13)19)18-12-3-5-15-16(9-12)21-7-6-20-15/h2-5,8-10,18-19H,6-7H2,1H3. The van der Waals surface area contributed by atoms with Gasteiger partial charge >= 0.3 is 0 Å². The van der Waals surface area contributed by atoms with E-state index in [2.05, 4.69) is 5.32 Å². The van der Waals surface area contributed by atoms with E-state index in [9.17, 15) is 9.50 Å². The maximum atomic E-state index is 13.3. The minimum absolute atomic E-state index is 0.0638. The van der Waals surface area contributed by atoms with Gasteiger partial charge < -0.3 is 19.9 Å². The first-order chi connectivity index (χ1) is 10.1. The highest BCUT2D eigenvalue weighted by atomic mass is 19.1. The van der Waals surface area contributed by atoms with E-state index in [1.54, 1.807) is 0 Å². The summed E-state index contributed by atoms with van der Waals surface area (Å²) in [4.78, 5) is 0. The highest BCUT2D eigenvalue weighted by Gasteiger charge is 2.15. The molecule has 21 heavy (non-hydrogen) atoms. The van der Waals surface area contributed by atoms with Gasteiger partial charge in [0.25, 0.3) is 0 Å². The van der Waals surface area contributed by atoms with Crippen molar-refractivity contribution < 1.29 is 19.0 Å². The number of anilines is 1. The maximum Gasteiger partial charge on any atom is 0.163 e. The number of fused-ring (bicyclic) bond motifs is 1. The maximum absolute atomic E-state index is 13.3. The third-order valence-electron chi connectivity index (χ3n) is 3.38. The van der Waals surface area contributed by atoms with Crippen molar-refractivity contribution in [2.24, 2.45) is 0 Å². The van der Waals surface area contributed by atoms with Crippen LogP contribution in [0.1, 0.15) is 18.5 Å². The number of aromatic hydroxyl groups is 1. The molecule has 0 saturated heterocycles. The predicted molar refractivity (Wildman–Crippen MR) is 77.5 cm³/mol. The largest absolute Gasteiger partial charge is 0.508 e. The van der Waals surface area contributed by atoms with Crippen molar-refractivity contribution in [1.29, 1.82) is 0 Å². The lowest BCUT2D eigenvalue weighted by atomic mass is 10.1. The lowest BCUT2D eigenvalue weighted by Gasteiger charge is -2.21. The highest BCUT2D eigenvalue weighted by Crippen LogP contribution is 2.34. The summed E-state index contributed by atoms with van der Waals surface area (Å²) in [7, 11) is 0. The third kappa shape index (κ3) is 2.86. The molecule has 0 spiro atoms. The SMILES string of the molecule is CC(Nc1ccc2c(c1)OCCO2)c1cc(F)ccc1O. The van der Waals surface area contributed by atoms with Gasteiger partial charge in [-0.1, -0.05) is 0 Å². The van der Waals surface area contributed by atoms with E-state index < -0.39 is 0 Å². The van der Waals surface area contributed by atoms with Crippen LogP contribution in [0.5, 0.6) is 17.2 Å². The Morgan fingerprint density at radius 2 is 1.86 bits per heavy atom. The summed E-state index contributed by atoms with van der Waals surface area (Å²) in [6.07, 6.45) is 0. The second-order valence-corrected chi connectivity index (χ2v) is 4.93. The lowest BCUT2D eigenvalue weighted by Crippen LogP contribution is -2.15. The van der Waals surface area contributed by atoms with Gasteiger partial charge in [0, 0.05) is 17.3 Å². The van der Waals surface area contributed by atoms with E-state index in [0.29, 0.717) is 30.3 Å². The van der Waals surface area contributed by atoms with Crippen LogP contribution >= 0.6 is 0 Å². The third-order valence-corrected chi connectivity index (χ3v) is 3.38. The second kappa shape index (κ2) is 5.52. The first-order valence-corrected chi connectivity index (χ1v) is 6.78. The predicted octanol–water partition coefficient (Wildman–Crippen LogP) is 3.48. The zero-order valence-electron chi connectivity index (χ0n) is 11.6. The molecule has 0 saturated carbocycles. The molecule has 2 aromatic rings. The van der Waals surface area contributed by atoms with Crippen molar-refractivity contribution in [1.82, 2.24) is 0 Å². The Hall–Kier alpha value is -2.43. The summed E-state index contributed by atoms with van der Waals surface area (Å²) in [6.45, 7) is 2.93. The van der Waals surface area contributed by atoms with Gasteiger partial charge in [0.1, 0.15) is 24.8 Å². The average Bonchev–Trinajstić information content (AvgIpc) is 2.49. The minimum atomic E-state index is -0.376. The van der Waals surface area contributed by atoms with E-state index in [1.165, 1.54) is 18.2 Å². The quantitative estimate of drug-likeness (QED) is 0.908.